The number of phenolic OH excluding ortho intramolecular Hbond substituents is 1. The molecule has 1 aliphatic heterocycles. The lowest BCUT2D eigenvalue weighted by Gasteiger charge is -2.31. The second-order valence-corrected chi connectivity index (χ2v) is 5.96. The number of aromatic nitrogens is 2. The van der Waals surface area contributed by atoms with Gasteiger partial charge < -0.3 is 20.5 Å². The van der Waals surface area contributed by atoms with Crippen LogP contribution in [0.1, 0.15) is 11.1 Å². The first-order valence-corrected chi connectivity index (χ1v) is 7.76. The smallest absolute Gasteiger partial charge is 0.248 e. The summed E-state index contributed by atoms with van der Waals surface area (Å²) in [5, 5.41) is 18.7. The van der Waals surface area contributed by atoms with Crippen LogP contribution in [0.4, 0.5) is 5.82 Å². The van der Waals surface area contributed by atoms with Crippen LogP contribution in [0.15, 0.2) is 24.3 Å². The molecule has 1 aromatic heterocycles. The van der Waals surface area contributed by atoms with Crippen LogP contribution in [-0.4, -0.2) is 47.0 Å². The third-order valence-electron chi connectivity index (χ3n) is 4.07. The first-order valence-electron chi connectivity index (χ1n) is 7.76. The SMILES string of the molecule is Cc1cc(C)c(-c2ccc(N3CCO[C@H](C(N)=O)C3)nn2)c(O)c1. The first kappa shape index (κ1) is 16.2. The van der Waals surface area contributed by atoms with Gasteiger partial charge in [-0.15, -0.1) is 10.2 Å². The zero-order valence-corrected chi connectivity index (χ0v) is 13.7. The number of anilines is 1. The Hall–Kier alpha value is -2.67. The lowest BCUT2D eigenvalue weighted by Crippen LogP contribution is -2.48. The molecule has 1 fully saturated rings. The van der Waals surface area contributed by atoms with Crippen LogP contribution in [0.3, 0.4) is 0 Å². The zero-order valence-electron chi connectivity index (χ0n) is 13.7. The van der Waals surface area contributed by atoms with Crippen molar-refractivity contribution in [3.05, 3.63) is 35.4 Å². The highest BCUT2D eigenvalue weighted by atomic mass is 16.5. The fourth-order valence-electron chi connectivity index (χ4n) is 2.94. The summed E-state index contributed by atoms with van der Waals surface area (Å²) in [5.74, 6) is 0.358. The third-order valence-corrected chi connectivity index (χ3v) is 4.07. The van der Waals surface area contributed by atoms with E-state index in [0.29, 0.717) is 36.8 Å². The Balaban J connectivity index is 1.85. The molecule has 1 aliphatic rings. The van der Waals surface area contributed by atoms with Crippen LogP contribution in [0.5, 0.6) is 5.75 Å². The number of amides is 1. The van der Waals surface area contributed by atoms with Crippen molar-refractivity contribution in [2.45, 2.75) is 20.0 Å². The molecule has 2 heterocycles. The number of aryl methyl sites for hydroxylation is 2. The van der Waals surface area contributed by atoms with Gasteiger partial charge in [-0.05, 0) is 43.2 Å². The highest BCUT2D eigenvalue weighted by molar-refractivity contribution is 5.79. The van der Waals surface area contributed by atoms with Gasteiger partial charge in [-0.25, -0.2) is 0 Å². The van der Waals surface area contributed by atoms with Crippen molar-refractivity contribution >= 4 is 11.7 Å². The molecular weight excluding hydrogens is 308 g/mol. The van der Waals surface area contributed by atoms with E-state index in [1.54, 1.807) is 6.07 Å². The summed E-state index contributed by atoms with van der Waals surface area (Å²) in [4.78, 5) is 13.2. The van der Waals surface area contributed by atoms with Crippen LogP contribution in [0, 0.1) is 13.8 Å². The Labute approximate surface area is 140 Å². The van der Waals surface area contributed by atoms with Gasteiger partial charge >= 0.3 is 0 Å². The summed E-state index contributed by atoms with van der Waals surface area (Å²) in [6.07, 6.45) is -0.636. The standard InChI is InChI=1S/C17H20N4O3/c1-10-7-11(2)16(13(22)8-10)12-3-4-15(20-19-12)21-5-6-24-14(9-21)17(18)23/h3-4,7-8,14,22H,5-6,9H2,1-2H3,(H2,18,23)/t14-/m0/s1. The van der Waals surface area contributed by atoms with Gasteiger partial charge in [0.05, 0.1) is 18.8 Å². The van der Waals surface area contributed by atoms with Crippen molar-refractivity contribution < 1.29 is 14.6 Å². The number of nitrogens with two attached hydrogens (primary N) is 1. The van der Waals surface area contributed by atoms with Gasteiger partial charge in [-0.1, -0.05) is 6.07 Å². The number of morpholine rings is 1. The summed E-state index contributed by atoms with van der Waals surface area (Å²) in [6, 6.07) is 7.33. The summed E-state index contributed by atoms with van der Waals surface area (Å²) < 4.78 is 5.33. The molecule has 0 radical (unpaired) electrons. The van der Waals surface area contributed by atoms with Gasteiger partial charge in [0.25, 0.3) is 0 Å². The molecule has 1 amide bonds. The molecule has 3 N–H and O–H groups in total. The molecule has 7 nitrogen and oxygen atoms in total. The molecule has 2 aromatic rings. The minimum Gasteiger partial charge on any atom is -0.507 e. The second kappa shape index (κ2) is 6.45. The Morgan fingerprint density at radius 3 is 2.75 bits per heavy atom. The van der Waals surface area contributed by atoms with Gasteiger partial charge in [0, 0.05) is 12.1 Å². The molecule has 7 heteroatoms. The van der Waals surface area contributed by atoms with E-state index in [0.717, 1.165) is 11.1 Å². The zero-order chi connectivity index (χ0) is 17.3. The Kier molecular flexibility index (Phi) is 4.35. The number of carbonyl (C=O) groups excluding carboxylic acids is 1. The van der Waals surface area contributed by atoms with E-state index >= 15 is 0 Å². The lowest BCUT2D eigenvalue weighted by atomic mass is 10.0. The summed E-state index contributed by atoms with van der Waals surface area (Å²) >= 11 is 0. The van der Waals surface area contributed by atoms with Crippen LogP contribution in [-0.2, 0) is 9.53 Å². The van der Waals surface area contributed by atoms with E-state index in [-0.39, 0.29) is 5.75 Å². The second-order valence-electron chi connectivity index (χ2n) is 5.96. The number of carbonyl (C=O) groups is 1. The fourth-order valence-corrected chi connectivity index (χ4v) is 2.94. The Morgan fingerprint density at radius 1 is 1.33 bits per heavy atom. The number of hydrogen-bond acceptors (Lipinski definition) is 6. The first-order chi connectivity index (χ1) is 11.5. The van der Waals surface area contributed by atoms with Crippen molar-refractivity contribution in [2.24, 2.45) is 5.73 Å². The predicted octanol–water partition coefficient (Wildman–Crippen LogP) is 1.16. The summed E-state index contributed by atoms with van der Waals surface area (Å²) in [6.45, 7) is 5.25. The van der Waals surface area contributed by atoms with E-state index in [9.17, 15) is 9.90 Å². The van der Waals surface area contributed by atoms with Crippen molar-refractivity contribution in [3.8, 4) is 17.0 Å². The van der Waals surface area contributed by atoms with Crippen molar-refractivity contribution in [1.29, 1.82) is 0 Å². The van der Waals surface area contributed by atoms with Crippen LogP contribution in [0.2, 0.25) is 0 Å². The summed E-state index contributed by atoms with van der Waals surface area (Å²) in [5.41, 5.74) is 8.51. The summed E-state index contributed by atoms with van der Waals surface area (Å²) in [7, 11) is 0. The van der Waals surface area contributed by atoms with E-state index in [2.05, 4.69) is 10.2 Å². The van der Waals surface area contributed by atoms with Crippen LogP contribution < -0.4 is 10.6 Å². The van der Waals surface area contributed by atoms with E-state index in [1.807, 2.05) is 36.9 Å². The van der Waals surface area contributed by atoms with Gasteiger partial charge in [-0.3, -0.25) is 4.79 Å². The number of hydrogen-bond donors (Lipinski definition) is 2. The van der Waals surface area contributed by atoms with Crippen LogP contribution >= 0.6 is 0 Å². The van der Waals surface area contributed by atoms with Crippen molar-refractivity contribution in [2.75, 3.05) is 24.6 Å². The molecule has 1 saturated heterocycles. The van der Waals surface area contributed by atoms with Crippen LogP contribution in [0.25, 0.3) is 11.3 Å². The Bertz CT molecular complexity index is 738. The average molecular weight is 328 g/mol. The number of benzene rings is 1. The lowest BCUT2D eigenvalue weighted by molar-refractivity contribution is -0.130. The molecule has 0 unspecified atom stereocenters. The number of nitrogens with zero attached hydrogens (tertiary/aromatic N) is 3. The largest absolute Gasteiger partial charge is 0.507 e. The molecule has 0 spiro atoms. The van der Waals surface area contributed by atoms with Gasteiger partial charge in [0.15, 0.2) is 11.9 Å². The predicted molar refractivity (Wildman–Crippen MR) is 89.8 cm³/mol. The highest BCUT2D eigenvalue weighted by Gasteiger charge is 2.25. The van der Waals surface area contributed by atoms with Crippen molar-refractivity contribution in [1.82, 2.24) is 10.2 Å². The minimum atomic E-state index is -0.636. The third kappa shape index (κ3) is 3.16. The molecule has 1 aromatic carbocycles. The van der Waals surface area contributed by atoms with Gasteiger partial charge in [-0.2, -0.15) is 0 Å². The monoisotopic (exact) mass is 328 g/mol. The fraction of sp³-hybridized carbons (Fsp3) is 0.353. The van der Waals surface area contributed by atoms with Gasteiger partial charge in [0.1, 0.15) is 5.75 Å². The normalized spacial score (nSPS) is 17.8. The number of aromatic hydroxyl groups is 1. The minimum absolute atomic E-state index is 0.190. The number of ether oxygens (including phenoxy) is 1. The molecule has 0 aliphatic carbocycles. The number of phenols is 1. The number of rotatable bonds is 3. The maximum absolute atomic E-state index is 11.3. The topological polar surface area (TPSA) is 102 Å². The quantitative estimate of drug-likeness (QED) is 0.876. The molecule has 0 saturated carbocycles. The Morgan fingerprint density at radius 2 is 2.12 bits per heavy atom. The average Bonchev–Trinajstić information content (AvgIpc) is 2.54. The van der Waals surface area contributed by atoms with Gasteiger partial charge in [0.2, 0.25) is 5.91 Å². The molecule has 24 heavy (non-hydrogen) atoms. The van der Waals surface area contributed by atoms with E-state index < -0.39 is 12.0 Å². The molecule has 3 rings (SSSR count). The van der Waals surface area contributed by atoms with Crippen molar-refractivity contribution in [3.63, 3.8) is 0 Å². The molecule has 1 atom stereocenters. The van der Waals surface area contributed by atoms with E-state index in [4.69, 9.17) is 10.5 Å². The molecule has 126 valence electrons. The number of primary amides is 1. The maximum Gasteiger partial charge on any atom is 0.248 e. The maximum atomic E-state index is 11.3. The van der Waals surface area contributed by atoms with E-state index in [1.165, 1.54) is 0 Å². The molecule has 0 bridgehead atoms. The highest BCUT2D eigenvalue weighted by Crippen LogP contribution is 2.32. The molecular formula is C17H20N4O3.